The van der Waals surface area contributed by atoms with E-state index in [2.05, 4.69) is 43.1 Å². The number of allylic oxidation sites excluding steroid dienone is 1. The van der Waals surface area contributed by atoms with E-state index in [1.807, 2.05) is 0 Å². The highest BCUT2D eigenvalue weighted by molar-refractivity contribution is 4.82. The number of rotatable bonds is 7. The highest BCUT2D eigenvalue weighted by atomic mass is 15.1. The first-order valence-corrected chi connectivity index (χ1v) is 7.34. The van der Waals surface area contributed by atoms with Gasteiger partial charge in [-0.15, -0.1) is 0 Å². The van der Waals surface area contributed by atoms with Crippen LogP contribution in [0.15, 0.2) is 12.2 Å². The molecule has 0 aromatic rings. The molecule has 1 rings (SSSR count). The largest absolute Gasteiger partial charge is 0.314 e. The third-order valence-corrected chi connectivity index (χ3v) is 3.89. The van der Waals surface area contributed by atoms with E-state index in [0.29, 0.717) is 6.04 Å². The maximum Gasteiger partial charge on any atom is 0.00680 e. The molecule has 1 atom stereocenters. The number of hydrogen-bond acceptors (Lipinski definition) is 2. The topological polar surface area (TPSA) is 15.3 Å². The van der Waals surface area contributed by atoms with Crippen molar-refractivity contribution in [2.45, 2.75) is 52.5 Å². The summed E-state index contributed by atoms with van der Waals surface area (Å²) in [6.07, 6.45) is 9.58. The minimum absolute atomic E-state index is 0.684. The molecule has 1 unspecified atom stereocenters. The lowest BCUT2D eigenvalue weighted by Gasteiger charge is -2.35. The van der Waals surface area contributed by atoms with Crippen molar-refractivity contribution in [3.63, 3.8) is 0 Å². The summed E-state index contributed by atoms with van der Waals surface area (Å²) in [4.78, 5) is 2.61. The molecule has 1 N–H and O–H groups in total. The van der Waals surface area contributed by atoms with Gasteiger partial charge in [-0.1, -0.05) is 19.1 Å². The first-order chi connectivity index (χ1) is 8.27. The molecule has 1 aliphatic rings. The monoisotopic (exact) mass is 238 g/mol. The minimum atomic E-state index is 0.684. The summed E-state index contributed by atoms with van der Waals surface area (Å²) in [7, 11) is 0. The van der Waals surface area contributed by atoms with Gasteiger partial charge in [0.1, 0.15) is 0 Å². The molecule has 0 aliphatic carbocycles. The summed E-state index contributed by atoms with van der Waals surface area (Å²) in [6, 6.07) is 0.684. The van der Waals surface area contributed by atoms with Crippen LogP contribution in [0.2, 0.25) is 0 Å². The lowest BCUT2D eigenvalue weighted by Crippen LogP contribution is -2.42. The zero-order valence-corrected chi connectivity index (χ0v) is 11.9. The van der Waals surface area contributed by atoms with E-state index in [-0.39, 0.29) is 0 Å². The number of nitrogens with one attached hydrogen (secondary N) is 1. The molecule has 0 aromatic carbocycles. The molecule has 17 heavy (non-hydrogen) atoms. The summed E-state index contributed by atoms with van der Waals surface area (Å²) in [5, 5.41) is 3.66. The lowest BCUT2D eigenvalue weighted by atomic mass is 9.90. The molecule has 0 saturated carbocycles. The van der Waals surface area contributed by atoms with Gasteiger partial charge in [-0.2, -0.15) is 0 Å². The van der Waals surface area contributed by atoms with Crippen LogP contribution in [0, 0.1) is 5.92 Å². The molecule has 2 heteroatoms. The fraction of sp³-hybridized carbons (Fsp3) is 0.867. The van der Waals surface area contributed by atoms with Crippen LogP contribution in [0.5, 0.6) is 0 Å². The standard InChI is InChI=1S/C15H30N2/c1-4-6-7-10-16-14(3)15-8-12-17(11-5-2)13-9-15/h4,6,14-16H,5,7-13H2,1-3H3/b6-4+. The van der Waals surface area contributed by atoms with Crippen LogP contribution in [0.4, 0.5) is 0 Å². The average Bonchev–Trinajstić information content (AvgIpc) is 2.36. The Kier molecular flexibility index (Phi) is 7.54. The highest BCUT2D eigenvalue weighted by Crippen LogP contribution is 2.20. The number of piperidine rings is 1. The first-order valence-electron chi connectivity index (χ1n) is 7.34. The second kappa shape index (κ2) is 8.71. The molecule has 0 bridgehead atoms. The van der Waals surface area contributed by atoms with Crippen molar-refractivity contribution in [2.24, 2.45) is 5.92 Å². The van der Waals surface area contributed by atoms with Gasteiger partial charge in [0.2, 0.25) is 0 Å². The van der Waals surface area contributed by atoms with Gasteiger partial charge in [-0.25, -0.2) is 0 Å². The van der Waals surface area contributed by atoms with Crippen molar-refractivity contribution in [1.29, 1.82) is 0 Å². The van der Waals surface area contributed by atoms with Gasteiger partial charge in [0.05, 0.1) is 0 Å². The van der Waals surface area contributed by atoms with E-state index >= 15 is 0 Å². The second-order valence-electron chi connectivity index (χ2n) is 5.28. The van der Waals surface area contributed by atoms with Gasteiger partial charge in [0.15, 0.2) is 0 Å². The van der Waals surface area contributed by atoms with Crippen LogP contribution in [0.3, 0.4) is 0 Å². The summed E-state index contributed by atoms with van der Waals surface area (Å²) in [6.45, 7) is 11.7. The van der Waals surface area contributed by atoms with Crippen molar-refractivity contribution >= 4 is 0 Å². The van der Waals surface area contributed by atoms with Crippen molar-refractivity contribution in [3.8, 4) is 0 Å². The van der Waals surface area contributed by atoms with Crippen molar-refractivity contribution in [2.75, 3.05) is 26.2 Å². The molecule has 1 fully saturated rings. The van der Waals surface area contributed by atoms with E-state index in [1.54, 1.807) is 0 Å². The predicted molar refractivity (Wildman–Crippen MR) is 76.4 cm³/mol. The number of nitrogens with zero attached hydrogens (tertiary/aromatic N) is 1. The molecule has 1 aliphatic heterocycles. The first kappa shape index (κ1) is 14.7. The fourth-order valence-electron chi connectivity index (χ4n) is 2.72. The third-order valence-electron chi connectivity index (χ3n) is 3.89. The summed E-state index contributed by atoms with van der Waals surface area (Å²) < 4.78 is 0. The molecule has 0 aromatic heterocycles. The van der Waals surface area contributed by atoms with Crippen molar-refractivity contribution in [3.05, 3.63) is 12.2 Å². The molecule has 0 spiro atoms. The maximum absolute atomic E-state index is 3.66. The van der Waals surface area contributed by atoms with Gasteiger partial charge < -0.3 is 10.2 Å². The number of likely N-dealkylation sites (tertiary alicyclic amines) is 1. The zero-order valence-electron chi connectivity index (χ0n) is 11.9. The van der Waals surface area contributed by atoms with E-state index in [1.165, 1.54) is 38.9 Å². The average molecular weight is 238 g/mol. The molecule has 2 nitrogen and oxygen atoms in total. The SMILES string of the molecule is C/C=C/CCNC(C)C1CCN(CCC)CC1. The van der Waals surface area contributed by atoms with Gasteiger partial charge in [-0.05, 0) is 71.6 Å². The van der Waals surface area contributed by atoms with Crippen LogP contribution in [-0.2, 0) is 0 Å². The molecule has 0 radical (unpaired) electrons. The quantitative estimate of drug-likeness (QED) is 0.542. The fourth-order valence-corrected chi connectivity index (χ4v) is 2.72. The Morgan fingerprint density at radius 1 is 1.35 bits per heavy atom. The molecule has 1 heterocycles. The smallest absolute Gasteiger partial charge is 0.00680 e. The van der Waals surface area contributed by atoms with E-state index in [4.69, 9.17) is 0 Å². The van der Waals surface area contributed by atoms with Gasteiger partial charge >= 0.3 is 0 Å². The molecule has 100 valence electrons. The molecular weight excluding hydrogens is 208 g/mol. The second-order valence-corrected chi connectivity index (χ2v) is 5.28. The Labute approximate surface area is 107 Å². The predicted octanol–water partition coefficient (Wildman–Crippen LogP) is 3.05. The van der Waals surface area contributed by atoms with Crippen molar-refractivity contribution in [1.82, 2.24) is 10.2 Å². The third kappa shape index (κ3) is 5.69. The Balaban J connectivity index is 2.14. The van der Waals surface area contributed by atoms with E-state index in [9.17, 15) is 0 Å². The minimum Gasteiger partial charge on any atom is -0.314 e. The Morgan fingerprint density at radius 3 is 2.65 bits per heavy atom. The number of hydrogen-bond donors (Lipinski definition) is 1. The Bertz CT molecular complexity index is 205. The van der Waals surface area contributed by atoms with Gasteiger partial charge in [0, 0.05) is 6.04 Å². The van der Waals surface area contributed by atoms with Crippen LogP contribution in [0.25, 0.3) is 0 Å². The molecular formula is C15H30N2. The van der Waals surface area contributed by atoms with Crippen LogP contribution < -0.4 is 5.32 Å². The van der Waals surface area contributed by atoms with Crippen molar-refractivity contribution < 1.29 is 0 Å². The summed E-state index contributed by atoms with van der Waals surface area (Å²) in [5.74, 6) is 0.883. The maximum atomic E-state index is 3.66. The normalized spacial score (nSPS) is 21.1. The van der Waals surface area contributed by atoms with Gasteiger partial charge in [0.25, 0.3) is 0 Å². The van der Waals surface area contributed by atoms with E-state index in [0.717, 1.165) is 18.9 Å². The highest BCUT2D eigenvalue weighted by Gasteiger charge is 2.22. The van der Waals surface area contributed by atoms with Crippen LogP contribution in [0.1, 0.15) is 46.5 Å². The Morgan fingerprint density at radius 2 is 2.06 bits per heavy atom. The van der Waals surface area contributed by atoms with Gasteiger partial charge in [-0.3, -0.25) is 0 Å². The lowest BCUT2D eigenvalue weighted by molar-refractivity contribution is 0.163. The summed E-state index contributed by atoms with van der Waals surface area (Å²) >= 11 is 0. The Hall–Kier alpha value is -0.340. The molecule has 1 saturated heterocycles. The van der Waals surface area contributed by atoms with Crippen LogP contribution >= 0.6 is 0 Å². The zero-order chi connectivity index (χ0) is 12.5. The van der Waals surface area contributed by atoms with Crippen LogP contribution in [-0.4, -0.2) is 37.1 Å². The molecule has 0 amide bonds. The van der Waals surface area contributed by atoms with E-state index < -0.39 is 0 Å². The summed E-state index contributed by atoms with van der Waals surface area (Å²) in [5.41, 5.74) is 0.